The third-order valence-corrected chi connectivity index (χ3v) is 4.33. The molecule has 0 unspecified atom stereocenters. The highest BCUT2D eigenvalue weighted by atomic mass is 32.2. The Hall–Kier alpha value is -2.33. The SMILES string of the molecule is C=CCN(c1ccccc1)S(=O)(=O)/C=C/c1ccccc1. The van der Waals surface area contributed by atoms with E-state index in [0.29, 0.717) is 5.69 Å². The number of nitrogens with zero attached hydrogens (tertiary/aromatic N) is 1. The summed E-state index contributed by atoms with van der Waals surface area (Å²) >= 11 is 0. The van der Waals surface area contributed by atoms with E-state index in [0.717, 1.165) is 5.56 Å². The van der Waals surface area contributed by atoms with Crippen molar-refractivity contribution in [3.63, 3.8) is 0 Å². The van der Waals surface area contributed by atoms with Crippen molar-refractivity contribution in [3.8, 4) is 0 Å². The van der Waals surface area contributed by atoms with Gasteiger partial charge in [-0.1, -0.05) is 54.6 Å². The van der Waals surface area contributed by atoms with Gasteiger partial charge in [0, 0.05) is 0 Å². The summed E-state index contributed by atoms with van der Waals surface area (Å²) in [4.78, 5) is 0. The van der Waals surface area contributed by atoms with Crippen LogP contribution in [0.3, 0.4) is 0 Å². The Morgan fingerprint density at radius 3 is 2.10 bits per heavy atom. The summed E-state index contributed by atoms with van der Waals surface area (Å²) in [5.41, 5.74) is 1.46. The zero-order valence-electron chi connectivity index (χ0n) is 11.6. The Bertz CT molecular complexity index is 707. The lowest BCUT2D eigenvalue weighted by atomic mass is 10.2. The first-order chi connectivity index (χ1) is 10.1. The zero-order valence-corrected chi connectivity index (χ0v) is 12.4. The molecule has 0 saturated carbocycles. The number of hydrogen-bond donors (Lipinski definition) is 0. The molecule has 2 aromatic rings. The molecule has 3 nitrogen and oxygen atoms in total. The van der Waals surface area contributed by atoms with Gasteiger partial charge in [0.05, 0.1) is 17.6 Å². The molecule has 0 radical (unpaired) electrons. The van der Waals surface area contributed by atoms with E-state index in [1.807, 2.05) is 48.5 Å². The van der Waals surface area contributed by atoms with Crippen molar-refractivity contribution in [2.24, 2.45) is 0 Å². The van der Waals surface area contributed by atoms with E-state index < -0.39 is 10.0 Å². The van der Waals surface area contributed by atoms with Crippen molar-refractivity contribution in [2.45, 2.75) is 0 Å². The fourth-order valence-electron chi connectivity index (χ4n) is 1.87. The molecular formula is C17H17NO2S. The normalized spacial score (nSPS) is 11.4. The molecule has 0 aliphatic rings. The molecule has 0 atom stereocenters. The first-order valence-corrected chi connectivity index (χ1v) is 8.05. The molecule has 0 N–H and O–H groups in total. The monoisotopic (exact) mass is 299 g/mol. The highest BCUT2D eigenvalue weighted by molar-refractivity contribution is 7.95. The first-order valence-electron chi connectivity index (χ1n) is 6.55. The van der Waals surface area contributed by atoms with Gasteiger partial charge in [0.1, 0.15) is 0 Å². The van der Waals surface area contributed by atoms with Gasteiger partial charge in [-0.15, -0.1) is 6.58 Å². The van der Waals surface area contributed by atoms with E-state index in [2.05, 4.69) is 6.58 Å². The molecule has 0 amide bonds. The maximum Gasteiger partial charge on any atom is 0.257 e. The molecule has 2 aromatic carbocycles. The molecule has 108 valence electrons. The predicted molar refractivity (Wildman–Crippen MR) is 88.4 cm³/mol. The fraction of sp³-hybridized carbons (Fsp3) is 0.0588. The van der Waals surface area contributed by atoms with E-state index in [9.17, 15) is 8.42 Å². The quantitative estimate of drug-likeness (QED) is 0.763. The summed E-state index contributed by atoms with van der Waals surface area (Å²) in [6, 6.07) is 18.3. The Balaban J connectivity index is 2.31. The third-order valence-electron chi connectivity index (χ3n) is 2.88. The second kappa shape index (κ2) is 6.90. The van der Waals surface area contributed by atoms with E-state index in [-0.39, 0.29) is 6.54 Å². The van der Waals surface area contributed by atoms with Gasteiger partial charge >= 0.3 is 0 Å². The van der Waals surface area contributed by atoms with Gasteiger partial charge in [-0.2, -0.15) is 0 Å². The maximum absolute atomic E-state index is 12.5. The second-order valence-electron chi connectivity index (χ2n) is 4.41. The molecule has 0 fully saturated rings. The van der Waals surface area contributed by atoms with Gasteiger partial charge < -0.3 is 0 Å². The maximum atomic E-state index is 12.5. The molecule has 0 spiro atoms. The average Bonchev–Trinajstić information content (AvgIpc) is 2.52. The molecule has 0 saturated heterocycles. The summed E-state index contributed by atoms with van der Waals surface area (Å²) < 4.78 is 26.3. The molecule has 21 heavy (non-hydrogen) atoms. The van der Waals surface area contributed by atoms with Crippen LogP contribution in [0.1, 0.15) is 5.56 Å². The smallest absolute Gasteiger partial charge is 0.257 e. The van der Waals surface area contributed by atoms with E-state index in [1.54, 1.807) is 24.3 Å². The number of sulfonamides is 1. The number of hydrogen-bond acceptors (Lipinski definition) is 2. The first kappa shape index (κ1) is 15.1. The largest absolute Gasteiger partial charge is 0.263 e. The van der Waals surface area contributed by atoms with Crippen LogP contribution in [0.2, 0.25) is 0 Å². The van der Waals surface area contributed by atoms with Crippen LogP contribution in [-0.2, 0) is 10.0 Å². The van der Waals surface area contributed by atoms with Gasteiger partial charge in [0.15, 0.2) is 0 Å². The molecule has 0 aliphatic heterocycles. The molecule has 0 aromatic heterocycles. The summed E-state index contributed by atoms with van der Waals surface area (Å²) in [5.74, 6) is 0. The molecule has 0 aliphatic carbocycles. The molecular weight excluding hydrogens is 282 g/mol. The highest BCUT2D eigenvalue weighted by Gasteiger charge is 2.17. The summed E-state index contributed by atoms with van der Waals surface area (Å²) in [5, 5.41) is 1.22. The Morgan fingerprint density at radius 2 is 1.52 bits per heavy atom. The van der Waals surface area contributed by atoms with Crippen molar-refractivity contribution in [1.82, 2.24) is 0 Å². The van der Waals surface area contributed by atoms with Gasteiger partial charge in [-0.25, -0.2) is 8.42 Å². The minimum Gasteiger partial charge on any atom is -0.263 e. The van der Waals surface area contributed by atoms with Gasteiger partial charge in [-0.05, 0) is 23.8 Å². The van der Waals surface area contributed by atoms with Crippen LogP contribution in [0.5, 0.6) is 0 Å². The van der Waals surface area contributed by atoms with E-state index >= 15 is 0 Å². The lowest BCUT2D eigenvalue weighted by molar-refractivity contribution is 0.601. The lowest BCUT2D eigenvalue weighted by Crippen LogP contribution is -2.29. The van der Waals surface area contributed by atoms with Crippen molar-refractivity contribution in [3.05, 3.63) is 84.3 Å². The van der Waals surface area contributed by atoms with Crippen LogP contribution in [0.15, 0.2) is 78.7 Å². The predicted octanol–water partition coefficient (Wildman–Crippen LogP) is 3.68. The number of anilines is 1. The van der Waals surface area contributed by atoms with Crippen molar-refractivity contribution >= 4 is 21.8 Å². The van der Waals surface area contributed by atoms with Crippen LogP contribution in [-0.4, -0.2) is 15.0 Å². The summed E-state index contributed by atoms with van der Waals surface area (Å²) in [7, 11) is -3.55. The van der Waals surface area contributed by atoms with E-state index in [4.69, 9.17) is 0 Å². The minimum absolute atomic E-state index is 0.228. The highest BCUT2D eigenvalue weighted by Crippen LogP contribution is 2.19. The number of para-hydroxylation sites is 1. The van der Waals surface area contributed by atoms with Crippen LogP contribution >= 0.6 is 0 Å². The van der Waals surface area contributed by atoms with Gasteiger partial charge in [0.2, 0.25) is 0 Å². The molecule has 0 heterocycles. The Kier molecular flexibility index (Phi) is 4.95. The van der Waals surface area contributed by atoms with Crippen LogP contribution in [0.25, 0.3) is 6.08 Å². The van der Waals surface area contributed by atoms with Crippen molar-refractivity contribution in [1.29, 1.82) is 0 Å². The van der Waals surface area contributed by atoms with Crippen molar-refractivity contribution in [2.75, 3.05) is 10.8 Å². The zero-order chi connectivity index (χ0) is 15.1. The molecule has 4 heteroatoms. The van der Waals surface area contributed by atoms with Gasteiger partial charge in [-0.3, -0.25) is 4.31 Å². The topological polar surface area (TPSA) is 37.4 Å². The third kappa shape index (κ3) is 4.07. The standard InChI is InChI=1S/C17H17NO2S/c1-2-14-18(17-11-7-4-8-12-17)21(19,20)15-13-16-9-5-3-6-10-16/h2-13,15H,1,14H2/b15-13+. The summed E-state index contributed by atoms with van der Waals surface area (Å²) in [6.45, 7) is 3.86. The Labute approximate surface area is 125 Å². The fourth-order valence-corrected chi connectivity index (χ4v) is 3.07. The van der Waals surface area contributed by atoms with Crippen LogP contribution in [0, 0.1) is 0 Å². The minimum atomic E-state index is -3.55. The van der Waals surface area contributed by atoms with Gasteiger partial charge in [0.25, 0.3) is 10.0 Å². The number of benzene rings is 2. The van der Waals surface area contributed by atoms with E-state index in [1.165, 1.54) is 9.71 Å². The Morgan fingerprint density at radius 1 is 0.952 bits per heavy atom. The molecule has 0 bridgehead atoms. The average molecular weight is 299 g/mol. The van der Waals surface area contributed by atoms with Crippen molar-refractivity contribution < 1.29 is 8.42 Å². The van der Waals surface area contributed by atoms with Crippen LogP contribution < -0.4 is 4.31 Å². The second-order valence-corrected chi connectivity index (χ2v) is 6.16. The summed E-state index contributed by atoms with van der Waals surface area (Å²) in [6.07, 6.45) is 3.16. The number of rotatable bonds is 6. The lowest BCUT2D eigenvalue weighted by Gasteiger charge is -2.20. The molecule has 2 rings (SSSR count). The van der Waals surface area contributed by atoms with Crippen LogP contribution in [0.4, 0.5) is 5.69 Å².